The fourth-order valence-corrected chi connectivity index (χ4v) is 1.11. The number of hydrogen-bond donors (Lipinski definition) is 2. The van der Waals surface area contributed by atoms with Crippen molar-refractivity contribution in [1.82, 2.24) is 9.97 Å². The quantitative estimate of drug-likeness (QED) is 0.396. The van der Waals surface area contributed by atoms with Crippen LogP contribution in [0.1, 0.15) is 0 Å². The molecule has 1 rings (SSSR count). The zero-order valence-corrected chi connectivity index (χ0v) is 9.36. The van der Waals surface area contributed by atoms with Crippen LogP contribution in [0.5, 0.6) is 0 Å². The third kappa shape index (κ3) is 6.33. The molecule has 0 aliphatic carbocycles. The van der Waals surface area contributed by atoms with Crippen molar-refractivity contribution in [3.8, 4) is 0 Å². The summed E-state index contributed by atoms with van der Waals surface area (Å²) in [6, 6.07) is 0. The average Bonchev–Trinajstić information content (AvgIpc) is 2.34. The van der Waals surface area contributed by atoms with Crippen LogP contribution in [0.4, 0.5) is 0 Å². The number of hydrogen-bond acceptors (Lipinski definition) is 5. The van der Waals surface area contributed by atoms with Gasteiger partial charge in [0.25, 0.3) is 0 Å². The van der Waals surface area contributed by atoms with Crippen LogP contribution in [-0.2, 0) is 36.7 Å². The average molecular weight is 287 g/mol. The van der Waals surface area contributed by atoms with Gasteiger partial charge in [0.1, 0.15) is 0 Å². The first-order valence-electron chi connectivity index (χ1n) is 2.59. The fraction of sp³-hybridized carbons (Fsp3) is 0. The summed E-state index contributed by atoms with van der Waals surface area (Å²) in [5.41, 5.74) is 4.66. The van der Waals surface area contributed by atoms with Gasteiger partial charge >= 0.3 is 50.6 Å². The summed E-state index contributed by atoms with van der Waals surface area (Å²) in [5.74, 6) is 0. The maximum absolute atomic E-state index is 10.1. The second-order valence-electron chi connectivity index (χ2n) is 1.45. The van der Waals surface area contributed by atoms with E-state index in [0.29, 0.717) is 0 Å². The first kappa shape index (κ1) is 11.6. The first-order chi connectivity index (χ1) is 5.54. The van der Waals surface area contributed by atoms with Crippen LogP contribution in [0.15, 0.2) is 12.4 Å². The molecule has 0 aliphatic heterocycles. The van der Waals surface area contributed by atoms with Gasteiger partial charge in [0, 0.05) is 0 Å². The minimum absolute atomic E-state index is 0.0833. The number of thiocarbonyl (C=S) groups is 1. The summed E-state index contributed by atoms with van der Waals surface area (Å²) >= 11 is 4.85. The van der Waals surface area contributed by atoms with Crippen molar-refractivity contribution in [3.63, 3.8) is 0 Å². The van der Waals surface area contributed by atoms with Crippen molar-refractivity contribution in [3.05, 3.63) is 12.4 Å². The van der Waals surface area contributed by atoms with E-state index in [1.165, 1.54) is 12.4 Å². The van der Waals surface area contributed by atoms with Gasteiger partial charge in [-0.25, -0.2) is 0 Å². The van der Waals surface area contributed by atoms with Crippen LogP contribution in [0.25, 0.3) is 0 Å². The molecule has 0 aromatic carbocycles. The summed E-state index contributed by atoms with van der Waals surface area (Å²) in [6.07, 6.45) is 2.90. The van der Waals surface area contributed by atoms with Crippen molar-refractivity contribution in [2.24, 2.45) is 5.73 Å². The first-order valence-corrected chi connectivity index (χ1v) is 6.05. The molecule has 0 saturated heterocycles. The predicted octanol–water partition coefficient (Wildman–Crippen LogP) is -0.879. The Morgan fingerprint density at radius 1 is 1.75 bits per heavy atom. The third-order valence-corrected chi connectivity index (χ3v) is 1.96. The molecule has 3 N–H and O–H groups in total. The zero-order chi connectivity index (χ0) is 9.56. The molecule has 0 fully saturated rings. The molecule has 0 amide bonds. The zero-order valence-electron chi connectivity index (χ0n) is 5.72. The van der Waals surface area contributed by atoms with E-state index >= 15 is 0 Å². The molecular weight excluding hydrogens is 282 g/mol. The molecule has 12 heavy (non-hydrogen) atoms. The van der Waals surface area contributed by atoms with Crippen LogP contribution in [0.2, 0.25) is 0 Å². The molecule has 1 heterocycles. The number of nitrogens with two attached hydrogens (primary N) is 1. The molecule has 66 valence electrons. The van der Waals surface area contributed by atoms with E-state index in [1.807, 2.05) is 0 Å². The molecule has 0 unspecified atom stereocenters. The van der Waals surface area contributed by atoms with Crippen molar-refractivity contribution >= 4 is 33.4 Å². The molecule has 1 aromatic heterocycles. The van der Waals surface area contributed by atoms with Crippen LogP contribution in [0.3, 0.4) is 0 Å². The number of imidazole rings is 1. The van der Waals surface area contributed by atoms with Crippen molar-refractivity contribution in [2.75, 3.05) is 0 Å². The second kappa shape index (κ2) is 6.16. The molecule has 0 saturated carbocycles. The van der Waals surface area contributed by atoms with Crippen molar-refractivity contribution < 1.29 is 24.0 Å². The standard InChI is InChI=1S/C3H3N2.CH3NS2.Mo.2O/c1-2-5-3-4-1;2-1(3)4;;;/h1-2H,(H,4,5);(H3,2,3,4);;;/q;;+1;;/p-1. The third-order valence-electron chi connectivity index (χ3n) is 0.631. The van der Waals surface area contributed by atoms with Crippen LogP contribution in [0, 0.1) is 0 Å². The van der Waals surface area contributed by atoms with Gasteiger partial charge in [-0.1, -0.05) is 4.32 Å². The number of aromatic nitrogens is 2. The number of H-pyrrole nitrogens is 1. The van der Waals surface area contributed by atoms with Gasteiger partial charge in [-0.15, -0.1) is 0 Å². The van der Waals surface area contributed by atoms with Crippen LogP contribution in [-0.4, -0.2) is 14.3 Å². The Morgan fingerprint density at radius 3 is 2.42 bits per heavy atom. The second-order valence-corrected chi connectivity index (χ2v) is 4.69. The number of aromatic amines is 1. The normalized spacial score (nSPS) is 8.00. The molecule has 0 bridgehead atoms. The number of rotatable bonds is 1. The minimum atomic E-state index is -3.41. The summed E-state index contributed by atoms with van der Waals surface area (Å²) in [4.78, 5) is 5.99. The summed E-state index contributed by atoms with van der Waals surface area (Å²) in [6.45, 7) is 0. The monoisotopic (exact) mass is 289 g/mol. The van der Waals surface area contributed by atoms with Crippen LogP contribution >= 0.6 is 12.2 Å². The van der Waals surface area contributed by atoms with E-state index in [9.17, 15) is 6.80 Å². The van der Waals surface area contributed by atoms with Crippen molar-refractivity contribution in [2.45, 2.75) is 0 Å². The fourth-order valence-electron chi connectivity index (χ4n) is 0.342. The molecule has 8 heteroatoms. The van der Waals surface area contributed by atoms with Gasteiger partial charge < -0.3 is 30.6 Å². The van der Waals surface area contributed by atoms with Gasteiger partial charge in [0.05, 0.1) is 0 Å². The van der Waals surface area contributed by atoms with Gasteiger partial charge in [-0.05, 0) is 0 Å². The summed E-state index contributed by atoms with van der Waals surface area (Å²) < 4.78 is 20.4. The van der Waals surface area contributed by atoms with E-state index in [2.05, 4.69) is 40.5 Å². The van der Waals surface area contributed by atoms with Crippen LogP contribution < -0.4 is 9.95 Å². The van der Waals surface area contributed by atoms with E-state index in [0.717, 1.165) is 0 Å². The van der Waals surface area contributed by atoms with Gasteiger partial charge in [0.15, 0.2) is 0 Å². The Balaban J connectivity index is 0.000000261. The Kier molecular flexibility index (Phi) is 5.96. The molecular formula is C4H5MoN3O2S2. The van der Waals surface area contributed by atoms with E-state index in [1.54, 1.807) is 0 Å². The molecule has 0 radical (unpaired) electrons. The van der Waals surface area contributed by atoms with Gasteiger partial charge in [-0.2, -0.15) is 0 Å². The van der Waals surface area contributed by atoms with E-state index in [4.69, 9.17) is 0 Å². The summed E-state index contributed by atoms with van der Waals surface area (Å²) in [5, 5.41) is 0. The molecule has 0 aliphatic rings. The maximum atomic E-state index is 10.1. The predicted molar refractivity (Wildman–Crippen MR) is 43.7 cm³/mol. The SMILES string of the molecule is NC(=S)[S-].[O]=[Mo+](=[O])[c]1ncc[nH]1. The molecule has 0 spiro atoms. The van der Waals surface area contributed by atoms with E-state index in [-0.39, 0.29) is 8.53 Å². The summed E-state index contributed by atoms with van der Waals surface area (Å²) in [7, 11) is 0. The Morgan fingerprint density at radius 2 is 2.25 bits per heavy atom. The number of nitrogens with zero attached hydrogens (tertiary/aromatic N) is 1. The number of nitrogens with one attached hydrogen (secondary N) is 1. The van der Waals surface area contributed by atoms with Gasteiger partial charge in [-0.3, -0.25) is 0 Å². The molecule has 0 atom stereocenters. The Labute approximate surface area is 85.3 Å². The Hall–Kier alpha value is -0.392. The van der Waals surface area contributed by atoms with E-state index < -0.39 is 17.2 Å². The molecule has 5 nitrogen and oxygen atoms in total. The molecule has 1 aromatic rings. The Bertz CT molecular complexity index is 296. The van der Waals surface area contributed by atoms with Gasteiger partial charge in [0.2, 0.25) is 0 Å². The topological polar surface area (TPSA) is 88.8 Å². The van der Waals surface area contributed by atoms with Crippen molar-refractivity contribution in [1.29, 1.82) is 0 Å².